The Kier molecular flexibility index (Phi) is 3.66. The second-order valence-corrected chi connectivity index (χ2v) is 4.91. The molecule has 1 aliphatic rings. The number of hydrogen-bond donors (Lipinski definition) is 2. The molecule has 2 rings (SSSR count). The third-order valence-corrected chi connectivity index (χ3v) is 3.43. The number of carboxylic acid groups (broad SMARTS) is 1. The highest BCUT2D eigenvalue weighted by Crippen LogP contribution is 2.39. The lowest BCUT2D eigenvalue weighted by atomic mass is 9.95. The Labute approximate surface area is 111 Å². The van der Waals surface area contributed by atoms with Crippen molar-refractivity contribution in [3.63, 3.8) is 0 Å². The third-order valence-electron chi connectivity index (χ3n) is 3.43. The summed E-state index contributed by atoms with van der Waals surface area (Å²) in [6, 6.07) is 3.49. The van der Waals surface area contributed by atoms with E-state index in [2.05, 4.69) is 0 Å². The molecule has 5 heteroatoms. The average molecular weight is 266 g/mol. The van der Waals surface area contributed by atoms with E-state index in [1.165, 1.54) is 14.0 Å². The number of ether oxygens (including phenoxy) is 2. The number of aliphatic hydroxyl groups is 1. The molecule has 0 bridgehead atoms. The molecule has 3 atom stereocenters. The second-order valence-electron chi connectivity index (χ2n) is 4.91. The van der Waals surface area contributed by atoms with Crippen LogP contribution in [0.3, 0.4) is 0 Å². The average Bonchev–Trinajstić information content (AvgIpc) is 2.74. The lowest BCUT2D eigenvalue weighted by molar-refractivity contribution is -0.145. The van der Waals surface area contributed by atoms with E-state index < -0.39 is 18.0 Å². The molecule has 0 amide bonds. The van der Waals surface area contributed by atoms with Crippen LogP contribution in [-0.4, -0.2) is 29.4 Å². The fourth-order valence-electron chi connectivity index (χ4n) is 2.27. The normalized spacial score (nSPS) is 20.3. The topological polar surface area (TPSA) is 76.0 Å². The summed E-state index contributed by atoms with van der Waals surface area (Å²) in [5, 5.41) is 19.1. The Morgan fingerprint density at radius 1 is 1.53 bits per heavy atom. The van der Waals surface area contributed by atoms with Gasteiger partial charge in [0, 0.05) is 17.5 Å². The van der Waals surface area contributed by atoms with Gasteiger partial charge in [0.05, 0.1) is 19.1 Å². The Bertz CT molecular complexity index is 497. The van der Waals surface area contributed by atoms with Crippen LogP contribution in [0.25, 0.3) is 0 Å². The predicted octanol–water partition coefficient (Wildman–Crippen LogP) is 1.77. The van der Waals surface area contributed by atoms with Crippen LogP contribution in [0.1, 0.15) is 31.1 Å². The minimum atomic E-state index is -1.13. The maximum atomic E-state index is 11.0. The van der Waals surface area contributed by atoms with Crippen LogP contribution < -0.4 is 9.47 Å². The number of benzene rings is 1. The molecule has 1 heterocycles. The molecule has 19 heavy (non-hydrogen) atoms. The first-order chi connectivity index (χ1) is 8.93. The molecule has 0 fully saturated rings. The molecule has 0 radical (unpaired) electrons. The molecule has 0 saturated carbocycles. The highest BCUT2D eigenvalue weighted by molar-refractivity contribution is 5.71. The van der Waals surface area contributed by atoms with E-state index in [9.17, 15) is 9.90 Å². The van der Waals surface area contributed by atoms with Crippen LogP contribution in [0.15, 0.2) is 12.1 Å². The van der Waals surface area contributed by atoms with Gasteiger partial charge in [-0.05, 0) is 26.0 Å². The first-order valence-corrected chi connectivity index (χ1v) is 6.22. The molecule has 3 unspecified atom stereocenters. The van der Waals surface area contributed by atoms with Gasteiger partial charge in [0.1, 0.15) is 17.6 Å². The van der Waals surface area contributed by atoms with Gasteiger partial charge in [-0.1, -0.05) is 0 Å². The van der Waals surface area contributed by atoms with Crippen molar-refractivity contribution in [2.24, 2.45) is 5.92 Å². The number of methoxy groups -OCH3 is 1. The number of carboxylic acids is 1. The summed E-state index contributed by atoms with van der Waals surface area (Å²) in [5.74, 6) is -0.771. The smallest absolute Gasteiger partial charge is 0.309 e. The summed E-state index contributed by atoms with van der Waals surface area (Å²) in [6.45, 7) is 3.42. The lowest BCUT2D eigenvalue weighted by Crippen LogP contribution is -2.19. The number of rotatable bonds is 4. The minimum Gasteiger partial charge on any atom is -0.496 e. The fraction of sp³-hybridized carbons (Fsp3) is 0.500. The van der Waals surface area contributed by atoms with Crippen LogP contribution in [0.4, 0.5) is 0 Å². The van der Waals surface area contributed by atoms with Crippen LogP contribution in [0.2, 0.25) is 0 Å². The van der Waals surface area contributed by atoms with Gasteiger partial charge < -0.3 is 19.7 Å². The molecule has 0 aromatic heterocycles. The van der Waals surface area contributed by atoms with Gasteiger partial charge in [0.2, 0.25) is 0 Å². The lowest BCUT2D eigenvalue weighted by Gasteiger charge is -2.19. The van der Waals surface area contributed by atoms with Crippen molar-refractivity contribution in [2.45, 2.75) is 32.5 Å². The van der Waals surface area contributed by atoms with Crippen molar-refractivity contribution in [3.05, 3.63) is 23.3 Å². The van der Waals surface area contributed by atoms with Gasteiger partial charge in [-0.2, -0.15) is 0 Å². The van der Waals surface area contributed by atoms with Gasteiger partial charge in [-0.15, -0.1) is 0 Å². The van der Waals surface area contributed by atoms with Gasteiger partial charge in [0.25, 0.3) is 0 Å². The quantitative estimate of drug-likeness (QED) is 0.868. The van der Waals surface area contributed by atoms with Crippen molar-refractivity contribution in [1.29, 1.82) is 0 Å². The Balaban J connectivity index is 2.40. The van der Waals surface area contributed by atoms with Crippen LogP contribution in [0.5, 0.6) is 11.5 Å². The van der Waals surface area contributed by atoms with Crippen LogP contribution in [0, 0.1) is 5.92 Å². The molecule has 104 valence electrons. The summed E-state index contributed by atoms with van der Waals surface area (Å²) in [4.78, 5) is 11.0. The van der Waals surface area contributed by atoms with Crippen molar-refractivity contribution < 1.29 is 24.5 Å². The summed E-state index contributed by atoms with van der Waals surface area (Å²) < 4.78 is 10.9. The van der Waals surface area contributed by atoms with E-state index >= 15 is 0 Å². The second kappa shape index (κ2) is 5.09. The fourth-order valence-corrected chi connectivity index (χ4v) is 2.27. The van der Waals surface area contributed by atoms with E-state index in [4.69, 9.17) is 14.6 Å². The van der Waals surface area contributed by atoms with E-state index in [0.29, 0.717) is 17.1 Å². The zero-order valence-electron chi connectivity index (χ0n) is 11.2. The van der Waals surface area contributed by atoms with E-state index in [0.717, 1.165) is 12.0 Å². The molecular formula is C14H18O5. The third kappa shape index (κ3) is 2.51. The Morgan fingerprint density at radius 3 is 2.79 bits per heavy atom. The predicted molar refractivity (Wildman–Crippen MR) is 68.5 cm³/mol. The van der Waals surface area contributed by atoms with E-state index in [1.54, 1.807) is 6.07 Å². The maximum Gasteiger partial charge on any atom is 0.309 e. The molecule has 0 aliphatic carbocycles. The number of carbonyl (C=O) groups is 1. The number of aliphatic hydroxyl groups excluding tert-OH is 1. The van der Waals surface area contributed by atoms with Crippen molar-refractivity contribution in [2.75, 3.05) is 7.11 Å². The van der Waals surface area contributed by atoms with Crippen molar-refractivity contribution in [3.8, 4) is 11.5 Å². The molecule has 1 aromatic rings. The molecule has 2 N–H and O–H groups in total. The summed E-state index contributed by atoms with van der Waals surface area (Å²) >= 11 is 0. The number of aliphatic carboxylic acids is 1. The standard InChI is InChI=1S/C14H18O5/c1-7-4-9-5-12(18-3)10(6-11(9)19-7)13(15)8(2)14(16)17/h5-8,13,15H,4H2,1-3H3,(H,16,17). The Morgan fingerprint density at radius 2 is 2.21 bits per heavy atom. The summed E-state index contributed by atoms with van der Waals surface area (Å²) in [5.41, 5.74) is 1.47. The van der Waals surface area contributed by atoms with Gasteiger partial charge in [-0.25, -0.2) is 0 Å². The summed E-state index contributed by atoms with van der Waals surface area (Å²) in [6.07, 6.45) is -0.252. The molecule has 1 aromatic carbocycles. The first-order valence-electron chi connectivity index (χ1n) is 6.22. The highest BCUT2D eigenvalue weighted by Gasteiger charge is 2.29. The van der Waals surface area contributed by atoms with Gasteiger partial charge >= 0.3 is 5.97 Å². The highest BCUT2D eigenvalue weighted by atomic mass is 16.5. The Hall–Kier alpha value is -1.75. The zero-order valence-corrected chi connectivity index (χ0v) is 11.2. The molecule has 5 nitrogen and oxygen atoms in total. The largest absolute Gasteiger partial charge is 0.496 e. The molecule has 0 saturated heterocycles. The minimum absolute atomic E-state index is 0.0870. The van der Waals surface area contributed by atoms with Gasteiger partial charge in [0.15, 0.2) is 0 Å². The SMILES string of the molecule is COc1cc2c(cc1C(O)C(C)C(=O)O)OC(C)C2. The van der Waals surface area contributed by atoms with Crippen LogP contribution >= 0.6 is 0 Å². The van der Waals surface area contributed by atoms with Crippen LogP contribution in [-0.2, 0) is 11.2 Å². The van der Waals surface area contributed by atoms with E-state index in [-0.39, 0.29) is 6.10 Å². The first kappa shape index (κ1) is 13.7. The molecular weight excluding hydrogens is 248 g/mol. The number of hydrogen-bond acceptors (Lipinski definition) is 4. The zero-order chi connectivity index (χ0) is 14.2. The summed E-state index contributed by atoms with van der Waals surface area (Å²) in [7, 11) is 1.50. The van der Waals surface area contributed by atoms with Gasteiger partial charge in [-0.3, -0.25) is 4.79 Å². The monoisotopic (exact) mass is 266 g/mol. The van der Waals surface area contributed by atoms with Crippen molar-refractivity contribution in [1.82, 2.24) is 0 Å². The maximum absolute atomic E-state index is 11.0. The molecule has 0 spiro atoms. The molecule has 1 aliphatic heterocycles. The number of fused-ring (bicyclic) bond motifs is 1. The van der Waals surface area contributed by atoms with Crippen molar-refractivity contribution >= 4 is 5.97 Å². The van der Waals surface area contributed by atoms with E-state index in [1.807, 2.05) is 13.0 Å².